The maximum absolute atomic E-state index is 12.9. The zero-order chi connectivity index (χ0) is 53.6. The van der Waals surface area contributed by atoms with Crippen molar-refractivity contribution in [3.63, 3.8) is 0 Å². The highest BCUT2D eigenvalue weighted by atomic mass is 16.6. The van der Waals surface area contributed by atoms with Crippen molar-refractivity contribution in [3.8, 4) is 0 Å². The fourth-order valence-corrected chi connectivity index (χ4v) is 9.89. The van der Waals surface area contributed by atoms with Crippen molar-refractivity contribution in [2.75, 3.05) is 13.2 Å². The summed E-state index contributed by atoms with van der Waals surface area (Å²) in [7, 11) is 0. The van der Waals surface area contributed by atoms with Gasteiger partial charge in [0.05, 0.1) is 0 Å². The van der Waals surface area contributed by atoms with Gasteiger partial charge in [0.15, 0.2) is 6.10 Å². The van der Waals surface area contributed by atoms with Crippen LogP contribution >= 0.6 is 0 Å². The van der Waals surface area contributed by atoms with Gasteiger partial charge in [-0.1, -0.05) is 308 Å². The number of allylic oxidation sites excluding steroid dienone is 6. The molecule has 0 spiro atoms. The summed E-state index contributed by atoms with van der Waals surface area (Å²) in [5.74, 6) is -0.871. The molecule has 0 aliphatic carbocycles. The highest BCUT2D eigenvalue weighted by Gasteiger charge is 2.19. The van der Waals surface area contributed by atoms with Crippen molar-refractivity contribution >= 4 is 17.9 Å². The van der Waals surface area contributed by atoms with E-state index >= 15 is 0 Å². The molecule has 0 aromatic heterocycles. The fourth-order valence-electron chi connectivity index (χ4n) is 9.89. The number of rotatable bonds is 61. The van der Waals surface area contributed by atoms with Crippen molar-refractivity contribution in [2.24, 2.45) is 0 Å². The molecule has 6 nitrogen and oxygen atoms in total. The van der Waals surface area contributed by atoms with E-state index < -0.39 is 6.10 Å². The molecule has 0 fully saturated rings. The second-order valence-corrected chi connectivity index (χ2v) is 22.4. The predicted octanol–water partition coefficient (Wildman–Crippen LogP) is 22.4. The molecule has 0 radical (unpaired) electrons. The van der Waals surface area contributed by atoms with Gasteiger partial charge in [-0.05, 0) is 70.6 Å². The van der Waals surface area contributed by atoms with Gasteiger partial charge in [-0.25, -0.2) is 0 Å². The molecule has 0 saturated heterocycles. The topological polar surface area (TPSA) is 78.9 Å². The molecule has 0 amide bonds. The Kier molecular flexibility index (Phi) is 61.1. The molecule has 0 heterocycles. The second-order valence-electron chi connectivity index (χ2n) is 22.4. The Morgan fingerprint density at radius 1 is 0.270 bits per heavy atom. The highest BCUT2D eigenvalue weighted by Crippen LogP contribution is 2.18. The third kappa shape index (κ3) is 60.5. The van der Waals surface area contributed by atoms with Gasteiger partial charge in [0, 0.05) is 19.3 Å². The Balaban J connectivity index is 4.21. The van der Waals surface area contributed by atoms with E-state index in [1.165, 1.54) is 238 Å². The molecule has 434 valence electrons. The molecule has 1 atom stereocenters. The van der Waals surface area contributed by atoms with Gasteiger partial charge in [0.2, 0.25) is 0 Å². The van der Waals surface area contributed by atoms with Crippen LogP contribution in [0.4, 0.5) is 0 Å². The van der Waals surface area contributed by atoms with E-state index in [-0.39, 0.29) is 31.1 Å². The Labute approximate surface area is 461 Å². The zero-order valence-electron chi connectivity index (χ0n) is 49.9. The average Bonchev–Trinajstić information content (AvgIpc) is 3.40. The van der Waals surface area contributed by atoms with Gasteiger partial charge in [-0.2, -0.15) is 0 Å². The summed E-state index contributed by atoms with van der Waals surface area (Å²) in [5.41, 5.74) is 0. The van der Waals surface area contributed by atoms with Crippen LogP contribution in [-0.2, 0) is 28.6 Å². The first-order valence-corrected chi connectivity index (χ1v) is 33.0. The third-order valence-electron chi connectivity index (χ3n) is 14.8. The largest absolute Gasteiger partial charge is 0.462 e. The van der Waals surface area contributed by atoms with E-state index in [2.05, 4.69) is 57.2 Å². The van der Waals surface area contributed by atoms with Gasteiger partial charge < -0.3 is 14.2 Å². The minimum absolute atomic E-state index is 0.0744. The number of hydrogen-bond acceptors (Lipinski definition) is 6. The summed E-state index contributed by atoms with van der Waals surface area (Å²) in [6.07, 6.45) is 77.4. The van der Waals surface area contributed by atoms with Crippen molar-refractivity contribution in [2.45, 2.75) is 367 Å². The number of unbranched alkanes of at least 4 members (excludes halogenated alkanes) is 44. The van der Waals surface area contributed by atoms with Crippen LogP contribution in [0, 0.1) is 0 Å². The maximum atomic E-state index is 12.9. The minimum Gasteiger partial charge on any atom is -0.462 e. The average molecular weight is 1040 g/mol. The third-order valence-corrected chi connectivity index (χ3v) is 14.8. The molecule has 0 aliphatic heterocycles. The van der Waals surface area contributed by atoms with Gasteiger partial charge in [0.25, 0.3) is 0 Å². The normalized spacial score (nSPS) is 12.2. The first-order valence-electron chi connectivity index (χ1n) is 33.0. The van der Waals surface area contributed by atoms with E-state index in [0.717, 1.165) is 83.5 Å². The summed E-state index contributed by atoms with van der Waals surface area (Å²) in [6, 6.07) is 0. The molecular formula is C68H126O6. The van der Waals surface area contributed by atoms with E-state index in [9.17, 15) is 14.4 Å². The Hall–Kier alpha value is -2.37. The fraction of sp³-hybridized carbons (Fsp3) is 0.868. The molecule has 6 heteroatoms. The molecule has 0 bridgehead atoms. The SMILES string of the molecule is CCC/C=C\C/C=C\CCCCCCCC(=O)OCC(COC(=O)CCCCCCCCCCCCCCCCCCCCCCCCCCCC)OC(=O)CCCCCCCCC/C=C\CCCCCCCC. The van der Waals surface area contributed by atoms with Crippen molar-refractivity contribution in [1.29, 1.82) is 0 Å². The van der Waals surface area contributed by atoms with Gasteiger partial charge >= 0.3 is 17.9 Å². The molecule has 1 unspecified atom stereocenters. The predicted molar refractivity (Wildman–Crippen MR) is 321 cm³/mol. The standard InChI is InChI=1S/C68H126O6/c1-4-7-10-13-16-19-22-25-27-29-30-31-32-33-34-35-36-37-39-40-43-46-49-52-55-58-61-67(70)73-64-65(63-72-66(69)60-57-54-51-48-45-42-24-21-18-15-12-9-6-3)74-68(71)62-59-56-53-50-47-44-41-38-28-26-23-20-17-14-11-8-5-2/h12,15,21,24,26,28,65H,4-11,13-14,16-20,22-23,25,27,29-64H2,1-3H3/b15-12-,24-21-,28-26-. The van der Waals surface area contributed by atoms with Crippen LogP contribution in [0.5, 0.6) is 0 Å². The summed E-state index contributed by atoms with van der Waals surface area (Å²) >= 11 is 0. The number of carbonyl (C=O) groups excluding carboxylic acids is 3. The van der Waals surface area contributed by atoms with Crippen LogP contribution in [0.1, 0.15) is 361 Å². The smallest absolute Gasteiger partial charge is 0.306 e. The van der Waals surface area contributed by atoms with Gasteiger partial charge in [0.1, 0.15) is 13.2 Å². The minimum atomic E-state index is -0.778. The molecular weight excluding hydrogens is 913 g/mol. The molecule has 0 aromatic rings. The van der Waals surface area contributed by atoms with Crippen LogP contribution < -0.4 is 0 Å². The summed E-state index contributed by atoms with van der Waals surface area (Å²) in [6.45, 7) is 6.62. The highest BCUT2D eigenvalue weighted by molar-refractivity contribution is 5.71. The van der Waals surface area contributed by atoms with Gasteiger partial charge in [-0.15, -0.1) is 0 Å². The summed E-state index contributed by atoms with van der Waals surface area (Å²) in [4.78, 5) is 38.3. The Bertz CT molecular complexity index is 1240. The lowest BCUT2D eigenvalue weighted by molar-refractivity contribution is -0.167. The van der Waals surface area contributed by atoms with Crippen molar-refractivity contribution in [1.82, 2.24) is 0 Å². The number of carbonyl (C=O) groups is 3. The molecule has 0 N–H and O–H groups in total. The number of esters is 3. The van der Waals surface area contributed by atoms with Crippen LogP contribution in [-0.4, -0.2) is 37.2 Å². The molecule has 0 rings (SSSR count). The van der Waals surface area contributed by atoms with Crippen molar-refractivity contribution in [3.05, 3.63) is 36.5 Å². The quantitative estimate of drug-likeness (QED) is 0.0261. The molecule has 0 aliphatic rings. The maximum Gasteiger partial charge on any atom is 0.306 e. The monoisotopic (exact) mass is 1040 g/mol. The van der Waals surface area contributed by atoms with Gasteiger partial charge in [-0.3, -0.25) is 14.4 Å². The lowest BCUT2D eigenvalue weighted by Crippen LogP contribution is -2.30. The van der Waals surface area contributed by atoms with E-state index in [4.69, 9.17) is 14.2 Å². The van der Waals surface area contributed by atoms with Crippen LogP contribution in [0.3, 0.4) is 0 Å². The Morgan fingerprint density at radius 3 is 0.811 bits per heavy atom. The first kappa shape index (κ1) is 71.6. The lowest BCUT2D eigenvalue weighted by atomic mass is 10.0. The van der Waals surface area contributed by atoms with Crippen LogP contribution in [0.15, 0.2) is 36.5 Å². The number of ether oxygens (including phenoxy) is 3. The zero-order valence-corrected chi connectivity index (χ0v) is 49.9. The Morgan fingerprint density at radius 2 is 0.514 bits per heavy atom. The van der Waals surface area contributed by atoms with E-state index in [1.54, 1.807) is 0 Å². The molecule has 0 saturated carbocycles. The van der Waals surface area contributed by atoms with E-state index in [1.807, 2.05) is 0 Å². The first-order chi connectivity index (χ1) is 36.5. The number of hydrogen-bond donors (Lipinski definition) is 0. The van der Waals surface area contributed by atoms with Crippen LogP contribution in [0.2, 0.25) is 0 Å². The van der Waals surface area contributed by atoms with E-state index in [0.29, 0.717) is 19.3 Å². The summed E-state index contributed by atoms with van der Waals surface area (Å²) < 4.78 is 16.9. The molecule has 74 heavy (non-hydrogen) atoms. The van der Waals surface area contributed by atoms with Crippen molar-refractivity contribution < 1.29 is 28.6 Å². The molecule has 0 aromatic carbocycles. The van der Waals surface area contributed by atoms with Crippen LogP contribution in [0.25, 0.3) is 0 Å². The summed E-state index contributed by atoms with van der Waals surface area (Å²) in [5, 5.41) is 0. The second kappa shape index (κ2) is 63.2. The lowest BCUT2D eigenvalue weighted by Gasteiger charge is -2.18.